The molecule has 0 aliphatic carbocycles. The fourth-order valence-corrected chi connectivity index (χ4v) is 2.01. The van der Waals surface area contributed by atoms with Crippen LogP contribution in [0, 0.1) is 30.3 Å². The van der Waals surface area contributed by atoms with Crippen molar-refractivity contribution in [2.75, 3.05) is 0 Å². The van der Waals surface area contributed by atoms with E-state index in [0.717, 1.165) is 72.8 Å². The third kappa shape index (κ3) is 11.0. The molecule has 0 fully saturated rings. The first-order valence-electron chi connectivity index (χ1n) is 9.26. The van der Waals surface area contributed by atoms with Gasteiger partial charge in [0.1, 0.15) is 0 Å². The van der Waals surface area contributed by atoms with Crippen LogP contribution in [0.4, 0.5) is 17.1 Å². The molecule has 0 aromatic heterocycles. The van der Waals surface area contributed by atoms with Crippen LogP contribution in [0.5, 0.6) is 17.2 Å². The number of nitrogens with zero attached hydrogens (tertiary/aromatic N) is 3. The molecule has 3 aromatic rings. The molecule has 3 N–H and O–H groups in total. The molecule has 191 valence electrons. The molecule has 0 aliphatic heterocycles. The quantitative estimate of drug-likeness (QED) is 0.200. The molecule has 0 aliphatic rings. The van der Waals surface area contributed by atoms with Crippen molar-refractivity contribution in [3.05, 3.63) is 134 Å². The van der Waals surface area contributed by atoms with Crippen molar-refractivity contribution < 1.29 is 30.1 Å². The summed E-state index contributed by atoms with van der Waals surface area (Å²) in [4.78, 5) is 60.8. The van der Waals surface area contributed by atoms with Crippen LogP contribution in [-0.4, -0.2) is 56.3 Å². The van der Waals surface area contributed by atoms with Gasteiger partial charge in [-0.3, -0.25) is 44.7 Å². The molecule has 15 nitrogen and oxygen atoms in total. The van der Waals surface area contributed by atoms with E-state index in [9.17, 15) is 44.7 Å². The van der Waals surface area contributed by atoms with E-state index in [0.29, 0.717) is 0 Å². The molecule has 3 aromatic carbocycles. The Bertz CT molecular complexity index is 1310. The maximum absolute atomic E-state index is 10.7. The Morgan fingerprint density at radius 2 is 0.622 bits per heavy atom. The second-order valence-electron chi connectivity index (χ2n) is 6.29. The first-order valence-corrected chi connectivity index (χ1v) is 9.26. The van der Waals surface area contributed by atoms with Crippen molar-refractivity contribution in [1.29, 1.82) is 0 Å². The second-order valence-corrected chi connectivity index (χ2v) is 6.29. The Morgan fingerprint density at radius 1 is 0.432 bits per heavy atom. The van der Waals surface area contributed by atoms with Crippen LogP contribution in [0.3, 0.4) is 0 Å². The Balaban J connectivity index is 0.000000518. The number of hydrogen-bond donors (Lipinski definition) is 3. The SMILES string of the molecule is O=c1ccc([N+](=O)[O-])ccc1O.O=c1ccc([N+](=O)[O-])ccc1O.O=c1ccc([N+](=O)[O-])ccc1O.[Bi]. The van der Waals surface area contributed by atoms with E-state index >= 15 is 0 Å². The largest absolute Gasteiger partial charge is 0.504 e. The van der Waals surface area contributed by atoms with E-state index in [1.54, 1.807) is 0 Å². The minimum absolute atomic E-state index is 0. The molecule has 16 heteroatoms. The van der Waals surface area contributed by atoms with Gasteiger partial charge < -0.3 is 15.3 Å². The van der Waals surface area contributed by atoms with Gasteiger partial charge in [0.25, 0.3) is 17.1 Å². The first-order chi connectivity index (χ1) is 16.8. The van der Waals surface area contributed by atoms with Gasteiger partial charge in [-0.05, 0) is 36.4 Å². The van der Waals surface area contributed by atoms with E-state index in [1.807, 2.05) is 0 Å². The molecule has 0 heterocycles. The molecular formula is C21H15BiN3O12. The van der Waals surface area contributed by atoms with Gasteiger partial charge in [0.2, 0.25) is 16.3 Å². The summed E-state index contributed by atoms with van der Waals surface area (Å²) in [6.07, 6.45) is 0. The van der Waals surface area contributed by atoms with Gasteiger partial charge in [0, 0.05) is 62.6 Å². The summed E-state index contributed by atoms with van der Waals surface area (Å²) in [5.74, 6) is -1.49. The number of hydrogen-bond acceptors (Lipinski definition) is 12. The first kappa shape index (κ1) is 32.2. The molecule has 3 radical (unpaired) electrons. The van der Waals surface area contributed by atoms with Crippen LogP contribution < -0.4 is 16.3 Å². The zero-order valence-corrected chi connectivity index (χ0v) is 21.7. The van der Waals surface area contributed by atoms with Gasteiger partial charge >= 0.3 is 0 Å². The van der Waals surface area contributed by atoms with E-state index in [1.165, 1.54) is 0 Å². The molecule has 0 saturated heterocycles. The molecule has 0 saturated carbocycles. The van der Waals surface area contributed by atoms with Crippen molar-refractivity contribution >= 4 is 43.3 Å². The fraction of sp³-hybridized carbons (Fsp3) is 0. The Morgan fingerprint density at radius 3 is 0.811 bits per heavy atom. The topological polar surface area (TPSA) is 241 Å². The van der Waals surface area contributed by atoms with Gasteiger partial charge in [-0.2, -0.15) is 0 Å². The van der Waals surface area contributed by atoms with Crippen molar-refractivity contribution in [3.8, 4) is 17.2 Å². The average Bonchev–Trinajstić information content (AvgIpc) is 3.18. The zero-order chi connectivity index (χ0) is 27.4. The zero-order valence-electron chi connectivity index (χ0n) is 18.2. The summed E-state index contributed by atoms with van der Waals surface area (Å²) in [5.41, 5.74) is -2.60. The van der Waals surface area contributed by atoms with Crippen molar-refractivity contribution in [2.45, 2.75) is 0 Å². The molecule has 3 rings (SSSR count). The number of rotatable bonds is 3. The monoisotopic (exact) mass is 710 g/mol. The number of aromatic hydroxyl groups is 3. The number of nitro groups is 3. The average molecular weight is 710 g/mol. The van der Waals surface area contributed by atoms with Crippen LogP contribution in [0.15, 0.2) is 87.2 Å². The van der Waals surface area contributed by atoms with Crippen molar-refractivity contribution in [2.24, 2.45) is 0 Å². The van der Waals surface area contributed by atoms with Gasteiger partial charge in [-0.15, -0.1) is 0 Å². The van der Waals surface area contributed by atoms with E-state index in [-0.39, 0.29) is 43.3 Å². The minimum Gasteiger partial charge on any atom is -0.504 e. The summed E-state index contributed by atoms with van der Waals surface area (Å²) in [7, 11) is 0. The molecule has 0 spiro atoms. The van der Waals surface area contributed by atoms with Crippen LogP contribution in [0.2, 0.25) is 0 Å². The summed E-state index contributed by atoms with van der Waals surface area (Å²) in [5, 5.41) is 57.1. The smallest absolute Gasteiger partial charge is 0.269 e. The summed E-state index contributed by atoms with van der Waals surface area (Å²) in [6, 6.07) is 12.2. The second kappa shape index (κ2) is 15.2. The van der Waals surface area contributed by atoms with Crippen molar-refractivity contribution in [1.82, 2.24) is 0 Å². The molecule has 0 bridgehead atoms. The standard InChI is InChI=1S/3C7H5NO4.Bi/c3*9-6-3-1-5(8(11)12)2-4-7(6)10;/h3*1-4H,(H,9,10);. The van der Waals surface area contributed by atoms with E-state index in [2.05, 4.69) is 0 Å². The van der Waals surface area contributed by atoms with Crippen LogP contribution in [0.25, 0.3) is 0 Å². The third-order valence-electron chi connectivity index (χ3n) is 3.84. The van der Waals surface area contributed by atoms with Crippen LogP contribution in [-0.2, 0) is 0 Å². The van der Waals surface area contributed by atoms with E-state index < -0.39 is 48.3 Å². The summed E-state index contributed by atoms with van der Waals surface area (Å²) < 4.78 is 0. The molecule has 0 atom stereocenters. The van der Waals surface area contributed by atoms with E-state index in [4.69, 9.17) is 15.3 Å². The predicted molar refractivity (Wildman–Crippen MR) is 129 cm³/mol. The molecule has 0 unspecified atom stereocenters. The summed E-state index contributed by atoms with van der Waals surface area (Å²) in [6.45, 7) is 0. The third-order valence-corrected chi connectivity index (χ3v) is 3.84. The fourth-order valence-electron chi connectivity index (χ4n) is 2.01. The Hall–Kier alpha value is -4.85. The van der Waals surface area contributed by atoms with Gasteiger partial charge in [0.15, 0.2) is 17.2 Å². The van der Waals surface area contributed by atoms with Gasteiger partial charge in [0.05, 0.1) is 14.8 Å². The predicted octanol–water partition coefficient (Wildman–Crippen LogP) is 1.60. The van der Waals surface area contributed by atoms with Gasteiger partial charge in [-0.25, -0.2) is 0 Å². The minimum atomic E-state index is -0.640. The summed E-state index contributed by atoms with van der Waals surface area (Å²) >= 11 is 0. The van der Waals surface area contributed by atoms with Crippen LogP contribution >= 0.6 is 0 Å². The molecule has 0 amide bonds. The van der Waals surface area contributed by atoms with Gasteiger partial charge in [-0.1, -0.05) is 0 Å². The normalized spacial score (nSPS) is 9.08. The Kier molecular flexibility index (Phi) is 13.2. The van der Waals surface area contributed by atoms with Crippen LogP contribution in [0.1, 0.15) is 0 Å². The molecule has 37 heavy (non-hydrogen) atoms. The maximum Gasteiger partial charge on any atom is 0.269 e. The molecular weight excluding hydrogens is 695 g/mol. The Labute approximate surface area is 224 Å². The maximum atomic E-state index is 10.7. The van der Waals surface area contributed by atoms with Crippen molar-refractivity contribution in [3.63, 3.8) is 0 Å².